The van der Waals surface area contributed by atoms with Gasteiger partial charge in [0.15, 0.2) is 0 Å². The minimum Gasteiger partial charge on any atom is -0.374 e. The largest absolute Gasteiger partial charge is 0.374 e. The summed E-state index contributed by atoms with van der Waals surface area (Å²) in [6.45, 7) is 2.66. The zero-order chi connectivity index (χ0) is 17.1. The molecule has 4 heterocycles. The first kappa shape index (κ1) is 16.9. The normalized spacial score (nSPS) is 31.9. The van der Waals surface area contributed by atoms with E-state index >= 15 is 0 Å². The fourth-order valence-electron chi connectivity index (χ4n) is 4.14. The van der Waals surface area contributed by atoms with Gasteiger partial charge in [-0.05, 0) is 43.7 Å². The highest BCUT2D eigenvalue weighted by atomic mass is 16.5. The molecule has 0 radical (unpaired) electrons. The number of carbonyl (C=O) groups is 1. The average molecular weight is 346 g/mol. The molecule has 3 fully saturated rings. The van der Waals surface area contributed by atoms with E-state index in [2.05, 4.69) is 4.98 Å². The summed E-state index contributed by atoms with van der Waals surface area (Å²) in [5, 5.41) is 0. The van der Waals surface area contributed by atoms with E-state index in [0.717, 1.165) is 44.2 Å². The highest BCUT2D eigenvalue weighted by molar-refractivity contribution is 5.81. The molecule has 1 aromatic rings. The molecule has 0 N–H and O–H groups in total. The number of amides is 1. The molecule has 0 saturated carbocycles. The molecule has 136 valence electrons. The maximum atomic E-state index is 12.6. The molecular formula is C19H26N2O4. The summed E-state index contributed by atoms with van der Waals surface area (Å²) in [7, 11) is 0. The third kappa shape index (κ3) is 3.86. The van der Waals surface area contributed by atoms with Crippen LogP contribution >= 0.6 is 0 Å². The maximum Gasteiger partial charge on any atom is 0.252 e. The van der Waals surface area contributed by atoms with Gasteiger partial charge in [0.1, 0.15) is 6.10 Å². The van der Waals surface area contributed by atoms with Gasteiger partial charge in [-0.15, -0.1) is 0 Å². The first-order valence-corrected chi connectivity index (χ1v) is 9.35. The van der Waals surface area contributed by atoms with Crippen molar-refractivity contribution in [1.82, 2.24) is 9.88 Å². The number of aromatic nitrogens is 1. The molecule has 1 aromatic heterocycles. The van der Waals surface area contributed by atoms with Crippen molar-refractivity contribution < 1.29 is 19.0 Å². The van der Waals surface area contributed by atoms with Crippen LogP contribution in [0.25, 0.3) is 0 Å². The van der Waals surface area contributed by atoms with Crippen molar-refractivity contribution in [1.29, 1.82) is 0 Å². The summed E-state index contributed by atoms with van der Waals surface area (Å²) in [6, 6.07) is 4.14. The number of hydrogen-bond acceptors (Lipinski definition) is 5. The lowest BCUT2D eigenvalue weighted by Gasteiger charge is -2.36. The molecule has 6 heteroatoms. The van der Waals surface area contributed by atoms with Gasteiger partial charge >= 0.3 is 0 Å². The van der Waals surface area contributed by atoms with Crippen LogP contribution in [-0.4, -0.2) is 59.9 Å². The SMILES string of the molecule is O=C([C@@H]1CCCO1)N1CC[C@@H]2O[C@@H](COCc3cccnc3)CC[C@@H]21. The summed E-state index contributed by atoms with van der Waals surface area (Å²) < 4.78 is 17.6. The second-order valence-corrected chi connectivity index (χ2v) is 7.14. The molecule has 25 heavy (non-hydrogen) atoms. The first-order chi connectivity index (χ1) is 12.3. The summed E-state index contributed by atoms with van der Waals surface area (Å²) in [6.07, 6.45) is 8.32. The highest BCUT2D eigenvalue weighted by Gasteiger charge is 2.44. The smallest absolute Gasteiger partial charge is 0.252 e. The molecule has 4 atom stereocenters. The number of hydrogen-bond donors (Lipinski definition) is 0. The molecule has 0 aliphatic carbocycles. The van der Waals surface area contributed by atoms with E-state index in [9.17, 15) is 4.79 Å². The Kier molecular flexibility index (Phi) is 5.29. The minimum atomic E-state index is -0.223. The van der Waals surface area contributed by atoms with Gasteiger partial charge in [-0.2, -0.15) is 0 Å². The number of carbonyl (C=O) groups excluding carboxylic acids is 1. The maximum absolute atomic E-state index is 12.6. The van der Waals surface area contributed by atoms with Crippen LogP contribution in [0.1, 0.15) is 37.7 Å². The van der Waals surface area contributed by atoms with Crippen molar-refractivity contribution in [3.05, 3.63) is 30.1 Å². The Morgan fingerprint density at radius 3 is 3.08 bits per heavy atom. The number of likely N-dealkylation sites (tertiary alicyclic amines) is 1. The van der Waals surface area contributed by atoms with Crippen LogP contribution in [-0.2, 0) is 25.6 Å². The third-order valence-corrected chi connectivity index (χ3v) is 5.42. The van der Waals surface area contributed by atoms with Gasteiger partial charge in [0.25, 0.3) is 5.91 Å². The second kappa shape index (κ2) is 7.81. The molecule has 1 amide bonds. The van der Waals surface area contributed by atoms with E-state index in [0.29, 0.717) is 19.8 Å². The first-order valence-electron chi connectivity index (χ1n) is 9.35. The van der Waals surface area contributed by atoms with Crippen molar-refractivity contribution in [2.24, 2.45) is 0 Å². The Hall–Kier alpha value is -1.50. The van der Waals surface area contributed by atoms with Gasteiger partial charge in [0.05, 0.1) is 31.5 Å². The molecule has 0 spiro atoms. The number of pyridine rings is 1. The van der Waals surface area contributed by atoms with Crippen LogP contribution in [0.3, 0.4) is 0 Å². The summed E-state index contributed by atoms with van der Waals surface area (Å²) in [4.78, 5) is 18.7. The zero-order valence-corrected chi connectivity index (χ0v) is 14.5. The standard InChI is InChI=1S/C19H26N2O4/c22-19(18-4-2-10-24-18)21-9-7-17-16(21)6-5-15(25-17)13-23-12-14-3-1-8-20-11-14/h1,3,8,11,15-18H,2,4-7,9-10,12-13H2/t15-,16+,17+,18+/m1/s1. The van der Waals surface area contributed by atoms with Crippen molar-refractivity contribution in [2.45, 2.75) is 63.1 Å². The van der Waals surface area contributed by atoms with Crippen LogP contribution in [0.5, 0.6) is 0 Å². The number of rotatable bonds is 5. The summed E-state index contributed by atoms with van der Waals surface area (Å²) >= 11 is 0. The number of nitrogens with zero attached hydrogens (tertiary/aromatic N) is 2. The van der Waals surface area contributed by atoms with Gasteiger partial charge in [0, 0.05) is 25.5 Å². The van der Waals surface area contributed by atoms with Crippen molar-refractivity contribution in [3.63, 3.8) is 0 Å². The van der Waals surface area contributed by atoms with Crippen molar-refractivity contribution >= 4 is 5.91 Å². The van der Waals surface area contributed by atoms with Gasteiger partial charge in [-0.1, -0.05) is 6.07 Å². The van der Waals surface area contributed by atoms with E-state index in [-0.39, 0.29) is 30.3 Å². The average Bonchev–Trinajstić information content (AvgIpc) is 3.32. The quantitative estimate of drug-likeness (QED) is 0.815. The molecule has 4 rings (SSSR count). The zero-order valence-electron chi connectivity index (χ0n) is 14.5. The van der Waals surface area contributed by atoms with Crippen molar-refractivity contribution in [2.75, 3.05) is 19.8 Å². The monoisotopic (exact) mass is 346 g/mol. The fraction of sp³-hybridized carbons (Fsp3) is 0.684. The van der Waals surface area contributed by atoms with Crippen LogP contribution in [0.2, 0.25) is 0 Å². The van der Waals surface area contributed by atoms with Crippen LogP contribution in [0, 0.1) is 0 Å². The molecule has 0 unspecified atom stereocenters. The molecule has 3 aliphatic heterocycles. The lowest BCUT2D eigenvalue weighted by molar-refractivity contribution is -0.148. The molecule has 0 aromatic carbocycles. The Bertz CT molecular complexity index is 576. The summed E-state index contributed by atoms with van der Waals surface area (Å²) in [5.74, 6) is 0.167. The minimum absolute atomic E-state index is 0.121. The van der Waals surface area contributed by atoms with Crippen LogP contribution in [0.15, 0.2) is 24.5 Å². The van der Waals surface area contributed by atoms with E-state index < -0.39 is 0 Å². The molecular weight excluding hydrogens is 320 g/mol. The Morgan fingerprint density at radius 1 is 1.32 bits per heavy atom. The van der Waals surface area contributed by atoms with Gasteiger partial charge in [0.2, 0.25) is 0 Å². The van der Waals surface area contributed by atoms with Gasteiger partial charge in [-0.3, -0.25) is 9.78 Å². The van der Waals surface area contributed by atoms with E-state index in [1.54, 1.807) is 6.20 Å². The Balaban J connectivity index is 1.25. The Labute approximate surface area is 148 Å². The number of ether oxygens (including phenoxy) is 3. The van der Waals surface area contributed by atoms with Gasteiger partial charge < -0.3 is 19.1 Å². The molecule has 6 nitrogen and oxygen atoms in total. The van der Waals surface area contributed by atoms with Gasteiger partial charge in [-0.25, -0.2) is 0 Å². The fourth-order valence-corrected chi connectivity index (χ4v) is 4.14. The predicted molar refractivity (Wildman–Crippen MR) is 90.9 cm³/mol. The molecule has 0 bridgehead atoms. The predicted octanol–water partition coefficient (Wildman–Crippen LogP) is 1.93. The summed E-state index contributed by atoms with van der Waals surface area (Å²) in [5.41, 5.74) is 1.07. The molecule has 3 aliphatic rings. The van der Waals surface area contributed by atoms with E-state index in [1.165, 1.54) is 0 Å². The highest BCUT2D eigenvalue weighted by Crippen LogP contribution is 2.33. The van der Waals surface area contributed by atoms with E-state index in [1.807, 2.05) is 23.2 Å². The second-order valence-electron chi connectivity index (χ2n) is 7.14. The lowest BCUT2D eigenvalue weighted by atomic mass is 9.99. The van der Waals surface area contributed by atoms with Crippen molar-refractivity contribution in [3.8, 4) is 0 Å². The Morgan fingerprint density at radius 2 is 2.28 bits per heavy atom. The van der Waals surface area contributed by atoms with Crippen LogP contribution in [0.4, 0.5) is 0 Å². The topological polar surface area (TPSA) is 60.9 Å². The van der Waals surface area contributed by atoms with Crippen LogP contribution < -0.4 is 0 Å². The molecule has 3 saturated heterocycles. The number of fused-ring (bicyclic) bond motifs is 1. The van der Waals surface area contributed by atoms with E-state index in [4.69, 9.17) is 14.2 Å². The third-order valence-electron chi connectivity index (χ3n) is 5.42. The lowest BCUT2D eigenvalue weighted by Crippen LogP contribution is -2.48.